The van der Waals surface area contributed by atoms with Crippen LogP contribution in [0.2, 0.25) is 0 Å². The maximum absolute atomic E-state index is 13.8. The number of hydrogen-bond acceptors (Lipinski definition) is 5. The highest BCUT2D eigenvalue weighted by atomic mass is 16.6. The summed E-state index contributed by atoms with van der Waals surface area (Å²) >= 11 is 0. The standard InChI is InChI=1S/C31H38N4O5/c1-19-11-14-24(20(2)17-19)27(28(37)33-23-13-12-21-9-7-8-10-22(21)18-23)35(6)29(38)25(15-16-26(32)36)34-30(39)40-31(3,4)5/h7-14,17-18,25,27H,15-16H2,1-6H3,(H2,32,36)(H,33,37)(H,34,39). The lowest BCUT2D eigenvalue weighted by atomic mass is 9.96. The third kappa shape index (κ3) is 8.05. The molecule has 212 valence electrons. The van der Waals surface area contributed by atoms with Crippen LogP contribution in [0.1, 0.15) is 56.3 Å². The largest absolute Gasteiger partial charge is 0.444 e. The topological polar surface area (TPSA) is 131 Å². The van der Waals surface area contributed by atoms with E-state index < -0.39 is 41.5 Å². The summed E-state index contributed by atoms with van der Waals surface area (Å²) in [6.45, 7) is 8.92. The molecule has 0 heterocycles. The molecule has 3 rings (SSSR count). The molecular weight excluding hydrogens is 508 g/mol. The van der Waals surface area contributed by atoms with Crippen LogP contribution in [0, 0.1) is 13.8 Å². The van der Waals surface area contributed by atoms with Gasteiger partial charge in [0.1, 0.15) is 17.7 Å². The van der Waals surface area contributed by atoms with Gasteiger partial charge in [0.2, 0.25) is 11.8 Å². The predicted octanol–water partition coefficient (Wildman–Crippen LogP) is 4.75. The average molecular weight is 547 g/mol. The predicted molar refractivity (Wildman–Crippen MR) is 156 cm³/mol. The van der Waals surface area contributed by atoms with Crippen LogP contribution in [0.4, 0.5) is 10.5 Å². The van der Waals surface area contributed by atoms with Gasteiger partial charge in [0, 0.05) is 19.2 Å². The van der Waals surface area contributed by atoms with Gasteiger partial charge in [-0.05, 0) is 75.1 Å². The molecule has 2 atom stereocenters. The van der Waals surface area contributed by atoms with E-state index in [1.807, 2.05) is 68.4 Å². The number of primary amides is 1. The van der Waals surface area contributed by atoms with Gasteiger partial charge in [-0.15, -0.1) is 0 Å². The van der Waals surface area contributed by atoms with Crippen LogP contribution in [-0.4, -0.2) is 47.4 Å². The van der Waals surface area contributed by atoms with E-state index in [2.05, 4.69) is 10.6 Å². The van der Waals surface area contributed by atoms with Crippen LogP contribution < -0.4 is 16.4 Å². The SMILES string of the molecule is Cc1ccc(C(C(=O)Nc2ccc3ccccc3c2)N(C)C(=O)C(CCC(N)=O)NC(=O)OC(C)(C)C)c(C)c1. The van der Waals surface area contributed by atoms with E-state index in [9.17, 15) is 19.2 Å². The summed E-state index contributed by atoms with van der Waals surface area (Å²) in [5, 5.41) is 7.50. The molecule has 0 aliphatic carbocycles. The summed E-state index contributed by atoms with van der Waals surface area (Å²) in [6.07, 6.45) is -1.01. The molecule has 0 aliphatic heterocycles. The van der Waals surface area contributed by atoms with Crippen molar-refractivity contribution in [3.8, 4) is 0 Å². The summed E-state index contributed by atoms with van der Waals surface area (Å²) < 4.78 is 5.33. The average Bonchev–Trinajstić information content (AvgIpc) is 2.86. The van der Waals surface area contributed by atoms with Gasteiger partial charge in [0.25, 0.3) is 5.91 Å². The number of rotatable bonds is 9. The quantitative estimate of drug-likeness (QED) is 0.356. The fraction of sp³-hybridized carbons (Fsp3) is 0.355. The van der Waals surface area contributed by atoms with E-state index in [4.69, 9.17) is 10.5 Å². The van der Waals surface area contributed by atoms with Gasteiger partial charge >= 0.3 is 6.09 Å². The molecule has 0 saturated heterocycles. The summed E-state index contributed by atoms with van der Waals surface area (Å²) in [6, 6.07) is 16.8. The Hall–Kier alpha value is -4.40. The lowest BCUT2D eigenvalue weighted by Gasteiger charge is -2.32. The van der Waals surface area contributed by atoms with Crippen LogP contribution in [0.25, 0.3) is 10.8 Å². The highest BCUT2D eigenvalue weighted by Crippen LogP contribution is 2.28. The molecule has 0 fully saturated rings. The van der Waals surface area contributed by atoms with Crippen molar-refractivity contribution in [1.29, 1.82) is 0 Å². The van der Waals surface area contributed by atoms with Crippen molar-refractivity contribution < 1.29 is 23.9 Å². The zero-order valence-electron chi connectivity index (χ0n) is 23.9. The van der Waals surface area contributed by atoms with Gasteiger partial charge in [-0.2, -0.15) is 0 Å². The molecule has 0 aliphatic rings. The number of carbonyl (C=O) groups is 4. The minimum absolute atomic E-state index is 0.0519. The number of hydrogen-bond donors (Lipinski definition) is 3. The van der Waals surface area contributed by atoms with Gasteiger partial charge in [-0.1, -0.05) is 54.1 Å². The number of alkyl carbamates (subject to hydrolysis) is 1. The van der Waals surface area contributed by atoms with Crippen molar-refractivity contribution in [3.05, 3.63) is 77.4 Å². The first-order valence-electron chi connectivity index (χ1n) is 13.2. The molecule has 0 saturated carbocycles. The fourth-order valence-electron chi connectivity index (χ4n) is 4.50. The molecule has 40 heavy (non-hydrogen) atoms. The smallest absolute Gasteiger partial charge is 0.408 e. The Balaban J connectivity index is 1.96. The van der Waals surface area contributed by atoms with Crippen LogP contribution in [0.15, 0.2) is 60.7 Å². The second-order valence-electron chi connectivity index (χ2n) is 11.0. The maximum Gasteiger partial charge on any atom is 0.408 e. The van der Waals surface area contributed by atoms with Crippen molar-refractivity contribution in [1.82, 2.24) is 10.2 Å². The normalized spacial score (nSPS) is 12.8. The molecule has 0 spiro atoms. The Morgan fingerprint density at radius 2 is 1.62 bits per heavy atom. The minimum Gasteiger partial charge on any atom is -0.444 e. The Labute approximate surface area is 235 Å². The summed E-state index contributed by atoms with van der Waals surface area (Å²) in [4.78, 5) is 53.0. The van der Waals surface area contributed by atoms with Crippen LogP contribution in [0.5, 0.6) is 0 Å². The van der Waals surface area contributed by atoms with Crippen LogP contribution in [-0.2, 0) is 19.1 Å². The lowest BCUT2D eigenvalue weighted by molar-refractivity contribution is -0.139. The van der Waals surface area contributed by atoms with Gasteiger partial charge in [-0.3, -0.25) is 14.4 Å². The monoisotopic (exact) mass is 546 g/mol. The number of fused-ring (bicyclic) bond motifs is 1. The van der Waals surface area contributed by atoms with Gasteiger partial charge in [-0.25, -0.2) is 4.79 Å². The third-order valence-corrected chi connectivity index (χ3v) is 6.39. The van der Waals surface area contributed by atoms with Crippen LogP contribution in [0.3, 0.4) is 0 Å². The number of anilines is 1. The number of aryl methyl sites for hydroxylation is 2. The molecule has 3 aromatic carbocycles. The summed E-state index contributed by atoms with van der Waals surface area (Å²) in [5.74, 6) is -1.61. The van der Waals surface area contributed by atoms with Crippen molar-refractivity contribution in [3.63, 3.8) is 0 Å². The number of carbonyl (C=O) groups excluding carboxylic acids is 4. The number of nitrogens with two attached hydrogens (primary N) is 1. The third-order valence-electron chi connectivity index (χ3n) is 6.39. The minimum atomic E-state index is -1.14. The molecule has 4 N–H and O–H groups in total. The lowest BCUT2D eigenvalue weighted by Crippen LogP contribution is -2.51. The summed E-state index contributed by atoms with van der Waals surface area (Å²) in [7, 11) is 1.50. The van der Waals surface area contributed by atoms with E-state index in [-0.39, 0.29) is 12.8 Å². The van der Waals surface area contributed by atoms with Crippen molar-refractivity contribution in [2.45, 2.75) is 65.1 Å². The Bertz CT molecular complexity index is 1410. The van der Waals surface area contributed by atoms with Crippen molar-refractivity contribution in [2.24, 2.45) is 5.73 Å². The molecule has 3 aromatic rings. The van der Waals surface area contributed by atoms with Gasteiger partial charge in [0.15, 0.2) is 0 Å². The number of benzene rings is 3. The number of likely N-dealkylation sites (N-methyl/N-ethyl adjacent to an activating group) is 1. The number of nitrogens with zero attached hydrogens (tertiary/aromatic N) is 1. The molecule has 0 radical (unpaired) electrons. The molecule has 9 nitrogen and oxygen atoms in total. The highest BCUT2D eigenvalue weighted by Gasteiger charge is 2.35. The van der Waals surface area contributed by atoms with E-state index in [1.54, 1.807) is 26.8 Å². The van der Waals surface area contributed by atoms with Gasteiger partial charge in [0.05, 0.1) is 0 Å². The first-order chi connectivity index (χ1) is 18.7. The Kier molecular flexibility index (Phi) is 9.52. The molecular formula is C31H38N4O5. The van der Waals surface area contributed by atoms with E-state index >= 15 is 0 Å². The first-order valence-corrected chi connectivity index (χ1v) is 13.2. The Morgan fingerprint density at radius 1 is 0.950 bits per heavy atom. The Morgan fingerprint density at radius 3 is 2.25 bits per heavy atom. The van der Waals surface area contributed by atoms with Crippen LogP contribution >= 0.6 is 0 Å². The van der Waals surface area contributed by atoms with Crippen molar-refractivity contribution >= 4 is 40.3 Å². The number of ether oxygens (including phenoxy) is 1. The van der Waals surface area contributed by atoms with Crippen molar-refractivity contribution in [2.75, 3.05) is 12.4 Å². The molecule has 4 amide bonds. The van der Waals surface area contributed by atoms with E-state index in [1.165, 1.54) is 11.9 Å². The zero-order valence-corrected chi connectivity index (χ0v) is 23.9. The number of nitrogens with one attached hydrogen (secondary N) is 2. The maximum atomic E-state index is 13.8. The van der Waals surface area contributed by atoms with E-state index in [0.717, 1.165) is 21.9 Å². The summed E-state index contributed by atoms with van der Waals surface area (Å²) in [5.41, 5.74) is 7.58. The fourth-order valence-corrected chi connectivity index (χ4v) is 4.50. The van der Waals surface area contributed by atoms with Gasteiger partial charge < -0.3 is 26.0 Å². The molecule has 2 unspecified atom stereocenters. The second-order valence-corrected chi connectivity index (χ2v) is 11.0. The molecule has 0 aromatic heterocycles. The van der Waals surface area contributed by atoms with E-state index in [0.29, 0.717) is 11.3 Å². The second kappa shape index (κ2) is 12.6. The first kappa shape index (κ1) is 30.1. The highest BCUT2D eigenvalue weighted by molar-refractivity contribution is 6.00. The molecule has 9 heteroatoms. The molecule has 0 bridgehead atoms. The zero-order chi connectivity index (χ0) is 29.6. The number of amides is 4.